The summed E-state index contributed by atoms with van der Waals surface area (Å²) in [5.41, 5.74) is 5.26. The number of nitrogens with one attached hydrogen (secondary N) is 1. The molecule has 4 heteroatoms. The summed E-state index contributed by atoms with van der Waals surface area (Å²) in [5.74, 6) is 0. The molecule has 1 heterocycles. The first-order valence-corrected chi connectivity index (χ1v) is 4.55. The average molecular weight is 174 g/mol. The van der Waals surface area contributed by atoms with Crippen molar-refractivity contribution in [3.05, 3.63) is 0 Å². The summed E-state index contributed by atoms with van der Waals surface area (Å²) in [6, 6.07) is 0. The van der Waals surface area contributed by atoms with Crippen LogP contribution in [0.25, 0.3) is 0 Å². The topological polar surface area (TPSA) is 59.8 Å². The smallest absolute Gasteiger partial charge is 0.135 e. The summed E-state index contributed by atoms with van der Waals surface area (Å²) >= 11 is 0. The lowest BCUT2D eigenvalue weighted by atomic mass is 10.3. The molecule has 1 fully saturated rings. The highest BCUT2D eigenvalue weighted by molar-refractivity contribution is 4.80. The number of nitrogens with two attached hydrogens (primary N) is 1. The molecular formula is C8H18N2O2. The van der Waals surface area contributed by atoms with Gasteiger partial charge in [-0.3, -0.25) is 5.32 Å². The lowest BCUT2D eigenvalue weighted by molar-refractivity contribution is 0.140. The average Bonchev–Trinajstić information content (AvgIpc) is 2.83. The van der Waals surface area contributed by atoms with E-state index in [2.05, 4.69) is 12.2 Å². The fourth-order valence-corrected chi connectivity index (χ4v) is 1.09. The van der Waals surface area contributed by atoms with E-state index in [1.807, 2.05) is 0 Å². The molecule has 1 saturated heterocycles. The zero-order valence-corrected chi connectivity index (χ0v) is 7.58. The Kier molecular flexibility index (Phi) is 4.53. The maximum atomic E-state index is 5.28. The first kappa shape index (κ1) is 9.92. The van der Waals surface area contributed by atoms with Crippen molar-refractivity contribution in [1.29, 1.82) is 0 Å². The van der Waals surface area contributed by atoms with Crippen molar-refractivity contribution in [1.82, 2.24) is 5.32 Å². The van der Waals surface area contributed by atoms with Gasteiger partial charge in [0.05, 0.1) is 19.3 Å². The number of hydrogen-bond donors (Lipinski definition) is 2. The Morgan fingerprint density at radius 3 is 2.92 bits per heavy atom. The molecule has 2 unspecified atom stereocenters. The summed E-state index contributed by atoms with van der Waals surface area (Å²) in [4.78, 5) is 0. The van der Waals surface area contributed by atoms with Crippen LogP contribution in [0, 0.1) is 0 Å². The van der Waals surface area contributed by atoms with Crippen LogP contribution in [0.3, 0.4) is 0 Å². The first-order chi connectivity index (χ1) is 5.88. The molecule has 0 spiro atoms. The molecule has 4 nitrogen and oxygen atoms in total. The van der Waals surface area contributed by atoms with Crippen molar-refractivity contribution in [2.24, 2.45) is 5.73 Å². The molecule has 0 bridgehead atoms. The van der Waals surface area contributed by atoms with Gasteiger partial charge in [0.1, 0.15) is 6.23 Å². The standard InChI is InChI=1S/C8H18N2O2/c1-2-7-8(12-7)10-4-6-11-5-3-9/h7-8,10H,2-6,9H2,1H3. The van der Waals surface area contributed by atoms with E-state index in [4.69, 9.17) is 15.2 Å². The Balaban J connectivity index is 1.78. The lowest BCUT2D eigenvalue weighted by Crippen LogP contribution is -2.25. The predicted octanol–water partition coefficient (Wildman–Crippen LogP) is -0.314. The Morgan fingerprint density at radius 1 is 1.50 bits per heavy atom. The van der Waals surface area contributed by atoms with E-state index >= 15 is 0 Å². The Labute approximate surface area is 73.4 Å². The number of rotatable bonds is 7. The molecule has 72 valence electrons. The van der Waals surface area contributed by atoms with Crippen LogP contribution in [0.1, 0.15) is 13.3 Å². The van der Waals surface area contributed by atoms with Gasteiger partial charge in [0.25, 0.3) is 0 Å². The van der Waals surface area contributed by atoms with Gasteiger partial charge in [-0.25, -0.2) is 0 Å². The van der Waals surface area contributed by atoms with E-state index in [9.17, 15) is 0 Å². The Morgan fingerprint density at radius 2 is 2.33 bits per heavy atom. The van der Waals surface area contributed by atoms with Gasteiger partial charge in [-0.2, -0.15) is 0 Å². The highest BCUT2D eigenvalue weighted by atomic mass is 16.6. The third-order valence-corrected chi connectivity index (χ3v) is 1.84. The van der Waals surface area contributed by atoms with Crippen molar-refractivity contribution in [3.8, 4) is 0 Å². The molecule has 3 N–H and O–H groups in total. The van der Waals surface area contributed by atoms with E-state index in [-0.39, 0.29) is 6.23 Å². The van der Waals surface area contributed by atoms with E-state index in [0.717, 1.165) is 13.0 Å². The SMILES string of the molecule is CCC1OC1NCCOCCN. The van der Waals surface area contributed by atoms with Crippen LogP contribution in [0.5, 0.6) is 0 Å². The summed E-state index contributed by atoms with van der Waals surface area (Å²) in [7, 11) is 0. The van der Waals surface area contributed by atoms with E-state index < -0.39 is 0 Å². The quantitative estimate of drug-likeness (QED) is 0.410. The molecule has 1 aliphatic heterocycles. The van der Waals surface area contributed by atoms with E-state index in [1.54, 1.807) is 0 Å². The van der Waals surface area contributed by atoms with Crippen molar-refractivity contribution >= 4 is 0 Å². The number of ether oxygens (including phenoxy) is 2. The maximum absolute atomic E-state index is 5.28. The molecule has 0 amide bonds. The van der Waals surface area contributed by atoms with Gasteiger partial charge in [0.2, 0.25) is 0 Å². The zero-order valence-electron chi connectivity index (χ0n) is 7.58. The normalized spacial score (nSPS) is 27.5. The molecule has 0 saturated carbocycles. The number of hydrogen-bond acceptors (Lipinski definition) is 4. The number of epoxide rings is 1. The minimum Gasteiger partial charge on any atom is -0.379 e. The van der Waals surface area contributed by atoms with E-state index in [1.165, 1.54) is 0 Å². The fraction of sp³-hybridized carbons (Fsp3) is 1.00. The van der Waals surface area contributed by atoms with Gasteiger partial charge in [-0.1, -0.05) is 6.92 Å². The fourth-order valence-electron chi connectivity index (χ4n) is 1.09. The second-order valence-electron chi connectivity index (χ2n) is 2.86. The second kappa shape index (κ2) is 5.48. The molecular weight excluding hydrogens is 156 g/mol. The van der Waals surface area contributed by atoms with Gasteiger partial charge >= 0.3 is 0 Å². The Hall–Kier alpha value is -0.160. The molecule has 2 atom stereocenters. The summed E-state index contributed by atoms with van der Waals surface area (Å²) in [6.07, 6.45) is 1.79. The van der Waals surface area contributed by atoms with Crippen molar-refractivity contribution in [3.63, 3.8) is 0 Å². The van der Waals surface area contributed by atoms with Gasteiger partial charge < -0.3 is 15.2 Å². The van der Waals surface area contributed by atoms with Gasteiger partial charge in [-0.05, 0) is 6.42 Å². The van der Waals surface area contributed by atoms with Crippen LogP contribution < -0.4 is 11.1 Å². The zero-order chi connectivity index (χ0) is 8.81. The third-order valence-electron chi connectivity index (χ3n) is 1.84. The summed E-state index contributed by atoms with van der Waals surface area (Å²) in [6.45, 7) is 4.92. The molecule has 0 aromatic carbocycles. The molecule has 0 radical (unpaired) electrons. The van der Waals surface area contributed by atoms with Crippen LogP contribution in [0.15, 0.2) is 0 Å². The monoisotopic (exact) mass is 174 g/mol. The maximum Gasteiger partial charge on any atom is 0.135 e. The van der Waals surface area contributed by atoms with Crippen molar-refractivity contribution < 1.29 is 9.47 Å². The summed E-state index contributed by atoms with van der Waals surface area (Å²) in [5, 5.41) is 3.23. The van der Waals surface area contributed by atoms with Gasteiger partial charge in [0, 0.05) is 13.1 Å². The molecule has 0 aromatic rings. The molecule has 1 rings (SSSR count). The van der Waals surface area contributed by atoms with Gasteiger partial charge in [0.15, 0.2) is 0 Å². The van der Waals surface area contributed by atoms with Crippen LogP contribution in [-0.4, -0.2) is 38.6 Å². The molecule has 0 aromatic heterocycles. The Bertz CT molecular complexity index is 122. The highest BCUT2D eigenvalue weighted by Gasteiger charge is 2.35. The third kappa shape index (κ3) is 3.49. The highest BCUT2D eigenvalue weighted by Crippen LogP contribution is 2.21. The second-order valence-corrected chi connectivity index (χ2v) is 2.86. The largest absolute Gasteiger partial charge is 0.379 e. The summed E-state index contributed by atoms with van der Waals surface area (Å²) < 4.78 is 10.5. The van der Waals surface area contributed by atoms with Gasteiger partial charge in [-0.15, -0.1) is 0 Å². The molecule has 12 heavy (non-hydrogen) atoms. The minimum atomic E-state index is 0.275. The van der Waals surface area contributed by atoms with Crippen LogP contribution in [-0.2, 0) is 9.47 Å². The van der Waals surface area contributed by atoms with Crippen LogP contribution in [0.2, 0.25) is 0 Å². The lowest BCUT2D eigenvalue weighted by Gasteiger charge is -2.01. The van der Waals surface area contributed by atoms with Crippen molar-refractivity contribution in [2.75, 3.05) is 26.3 Å². The van der Waals surface area contributed by atoms with Crippen molar-refractivity contribution in [2.45, 2.75) is 25.7 Å². The molecule has 0 aliphatic carbocycles. The molecule has 1 aliphatic rings. The predicted molar refractivity (Wildman–Crippen MR) is 46.8 cm³/mol. The minimum absolute atomic E-state index is 0.275. The van der Waals surface area contributed by atoms with Crippen LogP contribution in [0.4, 0.5) is 0 Å². The van der Waals surface area contributed by atoms with E-state index in [0.29, 0.717) is 25.9 Å². The first-order valence-electron chi connectivity index (χ1n) is 4.55. The van der Waals surface area contributed by atoms with Crippen LogP contribution >= 0.6 is 0 Å².